The third-order valence-electron chi connectivity index (χ3n) is 5.55. The van der Waals surface area contributed by atoms with Gasteiger partial charge in [0.2, 0.25) is 5.91 Å². The first-order valence-corrected chi connectivity index (χ1v) is 10.1. The first-order valence-electron chi connectivity index (χ1n) is 10.1. The molecule has 4 rings (SSSR count). The van der Waals surface area contributed by atoms with Crippen molar-refractivity contribution in [2.45, 2.75) is 38.4 Å². The maximum Gasteiger partial charge on any atom is 0.242 e. The van der Waals surface area contributed by atoms with Crippen LogP contribution in [0.4, 0.5) is 0 Å². The molecule has 0 radical (unpaired) electrons. The Morgan fingerprint density at radius 1 is 1.04 bits per heavy atom. The van der Waals surface area contributed by atoms with Crippen LogP contribution in [0.5, 0.6) is 0 Å². The zero-order valence-corrected chi connectivity index (χ0v) is 16.1. The molecule has 1 aliphatic heterocycles. The Hall–Kier alpha value is -2.17. The van der Waals surface area contributed by atoms with Gasteiger partial charge in [0.05, 0.1) is 0 Å². The van der Waals surface area contributed by atoms with Gasteiger partial charge in [-0.25, -0.2) is 0 Å². The second-order valence-electron chi connectivity index (χ2n) is 7.90. The standard InChI is InChI=1S/C23H29N3O/c1-18-6-5-7-19(16-18)17-25-12-14-26(15-13-25)22(20-8-3-2-4-9-20)23(27)24-21-10-11-21/h2-9,16,21-22H,10-15,17H2,1H3,(H,24,27). The first-order chi connectivity index (χ1) is 13.2. The van der Waals surface area contributed by atoms with E-state index in [1.54, 1.807) is 0 Å². The molecule has 1 saturated carbocycles. The average molecular weight is 364 g/mol. The Morgan fingerprint density at radius 3 is 2.44 bits per heavy atom. The van der Waals surface area contributed by atoms with Gasteiger partial charge in [-0.15, -0.1) is 0 Å². The van der Waals surface area contributed by atoms with Crippen molar-refractivity contribution in [2.75, 3.05) is 26.2 Å². The third kappa shape index (κ3) is 4.76. The highest BCUT2D eigenvalue weighted by Crippen LogP contribution is 2.26. The fraction of sp³-hybridized carbons (Fsp3) is 0.435. The highest BCUT2D eigenvalue weighted by molar-refractivity contribution is 5.83. The summed E-state index contributed by atoms with van der Waals surface area (Å²) in [4.78, 5) is 17.8. The van der Waals surface area contributed by atoms with E-state index in [9.17, 15) is 4.79 Å². The van der Waals surface area contributed by atoms with E-state index in [0.717, 1.165) is 51.1 Å². The number of hydrogen-bond donors (Lipinski definition) is 1. The molecule has 27 heavy (non-hydrogen) atoms. The first kappa shape index (κ1) is 18.2. The molecule has 2 aromatic rings. The molecule has 1 unspecified atom stereocenters. The molecular formula is C23H29N3O. The molecule has 142 valence electrons. The van der Waals surface area contributed by atoms with E-state index in [2.05, 4.69) is 58.4 Å². The number of nitrogens with one attached hydrogen (secondary N) is 1. The van der Waals surface area contributed by atoms with E-state index >= 15 is 0 Å². The predicted octanol–water partition coefficient (Wildman–Crippen LogP) is 3.13. The predicted molar refractivity (Wildman–Crippen MR) is 108 cm³/mol. The van der Waals surface area contributed by atoms with Crippen LogP contribution in [0, 0.1) is 6.92 Å². The van der Waals surface area contributed by atoms with Crippen molar-refractivity contribution >= 4 is 5.91 Å². The SMILES string of the molecule is Cc1cccc(CN2CCN(C(C(=O)NC3CC3)c3ccccc3)CC2)c1. The Labute approximate surface area is 162 Å². The van der Waals surface area contributed by atoms with Gasteiger partial charge in [0, 0.05) is 38.8 Å². The molecule has 1 atom stereocenters. The van der Waals surface area contributed by atoms with Crippen molar-refractivity contribution in [3.63, 3.8) is 0 Å². The zero-order chi connectivity index (χ0) is 18.6. The fourth-order valence-corrected chi connectivity index (χ4v) is 3.92. The smallest absolute Gasteiger partial charge is 0.242 e. The van der Waals surface area contributed by atoms with Crippen LogP contribution in [0.3, 0.4) is 0 Å². The summed E-state index contributed by atoms with van der Waals surface area (Å²) in [5, 5.41) is 3.21. The van der Waals surface area contributed by atoms with E-state index in [1.165, 1.54) is 11.1 Å². The molecule has 1 heterocycles. The molecular weight excluding hydrogens is 334 g/mol. The van der Waals surface area contributed by atoms with Gasteiger partial charge >= 0.3 is 0 Å². The summed E-state index contributed by atoms with van der Waals surface area (Å²) in [7, 11) is 0. The van der Waals surface area contributed by atoms with Gasteiger partial charge in [0.15, 0.2) is 0 Å². The lowest BCUT2D eigenvalue weighted by molar-refractivity contribution is -0.127. The lowest BCUT2D eigenvalue weighted by Crippen LogP contribution is -2.50. The minimum absolute atomic E-state index is 0.163. The summed E-state index contributed by atoms with van der Waals surface area (Å²) in [6, 6.07) is 19.2. The summed E-state index contributed by atoms with van der Waals surface area (Å²) in [6.07, 6.45) is 2.25. The maximum atomic E-state index is 12.9. The third-order valence-corrected chi connectivity index (χ3v) is 5.55. The van der Waals surface area contributed by atoms with Crippen molar-refractivity contribution in [1.82, 2.24) is 15.1 Å². The number of aryl methyl sites for hydroxylation is 1. The van der Waals surface area contributed by atoms with E-state index in [4.69, 9.17) is 0 Å². The quantitative estimate of drug-likeness (QED) is 0.856. The van der Waals surface area contributed by atoms with Crippen molar-refractivity contribution in [3.05, 3.63) is 71.3 Å². The Kier molecular flexibility index (Phi) is 5.55. The molecule has 1 saturated heterocycles. The number of amides is 1. The summed E-state index contributed by atoms with van der Waals surface area (Å²) in [5.74, 6) is 0.163. The second kappa shape index (κ2) is 8.24. The van der Waals surface area contributed by atoms with Crippen LogP contribution >= 0.6 is 0 Å². The number of nitrogens with zero attached hydrogens (tertiary/aromatic N) is 2. The number of carbonyl (C=O) groups excluding carboxylic acids is 1. The van der Waals surface area contributed by atoms with Crippen molar-refractivity contribution in [3.8, 4) is 0 Å². The van der Waals surface area contributed by atoms with E-state index < -0.39 is 0 Å². The fourth-order valence-electron chi connectivity index (χ4n) is 3.92. The van der Waals surface area contributed by atoms with Gasteiger partial charge < -0.3 is 5.32 Å². The molecule has 1 N–H and O–H groups in total. The lowest BCUT2D eigenvalue weighted by Gasteiger charge is -2.39. The van der Waals surface area contributed by atoms with E-state index in [0.29, 0.717) is 6.04 Å². The summed E-state index contributed by atoms with van der Waals surface area (Å²) in [5.41, 5.74) is 3.78. The van der Waals surface area contributed by atoms with Crippen molar-refractivity contribution < 1.29 is 4.79 Å². The molecule has 2 aromatic carbocycles. The van der Waals surface area contributed by atoms with Crippen LogP contribution in [0.1, 0.15) is 35.6 Å². The molecule has 0 aromatic heterocycles. The molecule has 4 heteroatoms. The summed E-state index contributed by atoms with van der Waals surface area (Å²) < 4.78 is 0. The monoisotopic (exact) mass is 363 g/mol. The Bertz CT molecular complexity index is 764. The Morgan fingerprint density at radius 2 is 1.78 bits per heavy atom. The molecule has 2 fully saturated rings. The molecule has 2 aliphatic rings. The summed E-state index contributed by atoms with van der Waals surface area (Å²) in [6.45, 7) is 6.96. The van der Waals surface area contributed by atoms with Crippen LogP contribution < -0.4 is 5.32 Å². The number of carbonyl (C=O) groups is 1. The van der Waals surface area contributed by atoms with Gasteiger partial charge in [0.1, 0.15) is 6.04 Å². The molecule has 1 amide bonds. The topological polar surface area (TPSA) is 35.6 Å². The summed E-state index contributed by atoms with van der Waals surface area (Å²) >= 11 is 0. The minimum atomic E-state index is -0.173. The minimum Gasteiger partial charge on any atom is -0.352 e. The van der Waals surface area contributed by atoms with E-state index in [-0.39, 0.29) is 11.9 Å². The Balaban J connectivity index is 1.41. The average Bonchev–Trinajstić information content (AvgIpc) is 3.48. The van der Waals surface area contributed by atoms with Gasteiger partial charge in [-0.3, -0.25) is 14.6 Å². The van der Waals surface area contributed by atoms with Crippen LogP contribution in [0.2, 0.25) is 0 Å². The highest BCUT2D eigenvalue weighted by atomic mass is 16.2. The van der Waals surface area contributed by atoms with Crippen molar-refractivity contribution in [2.24, 2.45) is 0 Å². The van der Waals surface area contributed by atoms with Gasteiger partial charge in [0.25, 0.3) is 0 Å². The number of hydrogen-bond acceptors (Lipinski definition) is 3. The van der Waals surface area contributed by atoms with Crippen LogP contribution in [-0.2, 0) is 11.3 Å². The van der Waals surface area contributed by atoms with Gasteiger partial charge in [-0.1, -0.05) is 60.2 Å². The molecule has 1 aliphatic carbocycles. The van der Waals surface area contributed by atoms with Crippen LogP contribution in [0.15, 0.2) is 54.6 Å². The molecule has 4 nitrogen and oxygen atoms in total. The van der Waals surface area contributed by atoms with E-state index in [1.807, 2.05) is 18.2 Å². The normalized spacial score (nSPS) is 19.6. The molecule has 0 bridgehead atoms. The van der Waals surface area contributed by atoms with Crippen LogP contribution in [0.25, 0.3) is 0 Å². The van der Waals surface area contributed by atoms with Gasteiger partial charge in [-0.05, 0) is 30.9 Å². The number of benzene rings is 2. The lowest BCUT2D eigenvalue weighted by atomic mass is 10.0. The zero-order valence-electron chi connectivity index (χ0n) is 16.1. The van der Waals surface area contributed by atoms with Crippen LogP contribution in [-0.4, -0.2) is 47.9 Å². The largest absolute Gasteiger partial charge is 0.352 e. The number of piperazine rings is 1. The number of rotatable bonds is 6. The molecule has 0 spiro atoms. The van der Waals surface area contributed by atoms with Gasteiger partial charge in [-0.2, -0.15) is 0 Å². The highest BCUT2D eigenvalue weighted by Gasteiger charge is 2.33. The maximum absolute atomic E-state index is 12.9. The van der Waals surface area contributed by atoms with Crippen molar-refractivity contribution in [1.29, 1.82) is 0 Å². The second-order valence-corrected chi connectivity index (χ2v) is 7.90.